The summed E-state index contributed by atoms with van der Waals surface area (Å²) in [6.45, 7) is 0.782. The molecular formula is C15H13BrClFN2S. The van der Waals surface area contributed by atoms with Crippen molar-refractivity contribution >= 4 is 49.9 Å². The lowest BCUT2D eigenvalue weighted by molar-refractivity contribution is 0.620. The third kappa shape index (κ3) is 3.15. The predicted octanol–water partition coefficient (Wildman–Crippen LogP) is 5.02. The summed E-state index contributed by atoms with van der Waals surface area (Å²) in [5, 5.41) is 2.07. The van der Waals surface area contributed by atoms with Gasteiger partial charge in [0.25, 0.3) is 0 Å². The fraction of sp³-hybridized carbons (Fsp3) is 0.267. The molecule has 0 fully saturated rings. The smallest absolute Gasteiger partial charge is 0.139 e. The highest BCUT2D eigenvalue weighted by molar-refractivity contribution is 9.10. The second kappa shape index (κ2) is 6.46. The average Bonchev–Trinajstić information content (AvgIpc) is 3.06. The second-order valence-corrected chi connectivity index (χ2v) is 6.97. The van der Waals surface area contributed by atoms with Gasteiger partial charge in [0, 0.05) is 29.8 Å². The third-order valence-corrected chi connectivity index (χ3v) is 5.08. The standard InChI is InChI=1S/C15H13BrClFN2S/c16-11-8-13-14(9-12(11)18)20(15(19-13)3-5-17)6-4-10-2-1-7-21-10/h1-2,7-9H,3-6H2. The van der Waals surface area contributed by atoms with Crippen LogP contribution in [0.1, 0.15) is 10.7 Å². The fourth-order valence-electron chi connectivity index (χ4n) is 2.37. The van der Waals surface area contributed by atoms with Gasteiger partial charge in [0.05, 0.1) is 15.5 Å². The number of imidazole rings is 1. The Morgan fingerprint density at radius 1 is 1.33 bits per heavy atom. The molecule has 0 aliphatic carbocycles. The van der Waals surface area contributed by atoms with Crippen LogP contribution in [-0.2, 0) is 19.4 Å². The molecule has 3 rings (SSSR count). The highest BCUT2D eigenvalue weighted by atomic mass is 79.9. The monoisotopic (exact) mass is 386 g/mol. The van der Waals surface area contributed by atoms with Crippen LogP contribution in [0.2, 0.25) is 0 Å². The van der Waals surface area contributed by atoms with E-state index < -0.39 is 0 Å². The average molecular weight is 388 g/mol. The van der Waals surface area contributed by atoms with E-state index in [4.69, 9.17) is 11.6 Å². The molecule has 0 atom stereocenters. The van der Waals surface area contributed by atoms with Crippen molar-refractivity contribution < 1.29 is 4.39 Å². The Labute approximate surface area is 139 Å². The summed E-state index contributed by atoms with van der Waals surface area (Å²) >= 11 is 10.8. The van der Waals surface area contributed by atoms with E-state index in [9.17, 15) is 4.39 Å². The predicted molar refractivity (Wildman–Crippen MR) is 89.8 cm³/mol. The molecule has 6 heteroatoms. The van der Waals surface area contributed by atoms with E-state index in [-0.39, 0.29) is 5.82 Å². The van der Waals surface area contributed by atoms with Crippen molar-refractivity contribution in [1.29, 1.82) is 0 Å². The first kappa shape index (κ1) is 15.0. The zero-order chi connectivity index (χ0) is 14.8. The number of alkyl halides is 1. The quantitative estimate of drug-likeness (QED) is 0.562. The van der Waals surface area contributed by atoms with E-state index in [2.05, 4.69) is 36.9 Å². The Bertz CT molecular complexity index is 755. The Morgan fingerprint density at radius 2 is 2.19 bits per heavy atom. The fourth-order valence-corrected chi connectivity index (χ4v) is 3.57. The van der Waals surface area contributed by atoms with Gasteiger partial charge in [0.1, 0.15) is 11.6 Å². The van der Waals surface area contributed by atoms with E-state index in [1.807, 2.05) is 6.07 Å². The number of fused-ring (bicyclic) bond motifs is 1. The van der Waals surface area contributed by atoms with Crippen molar-refractivity contribution in [2.75, 3.05) is 5.88 Å². The molecule has 2 heterocycles. The first-order valence-electron chi connectivity index (χ1n) is 6.61. The number of aryl methyl sites for hydroxylation is 3. The van der Waals surface area contributed by atoms with Gasteiger partial charge in [0.15, 0.2) is 0 Å². The molecule has 0 aliphatic heterocycles. The minimum absolute atomic E-state index is 0.266. The number of halogens is 3. The number of hydrogen-bond donors (Lipinski definition) is 0. The van der Waals surface area contributed by atoms with E-state index in [1.54, 1.807) is 23.5 Å². The van der Waals surface area contributed by atoms with Crippen LogP contribution >= 0.6 is 38.9 Å². The molecule has 0 saturated heterocycles. The number of hydrogen-bond acceptors (Lipinski definition) is 2. The van der Waals surface area contributed by atoms with Gasteiger partial charge in [0.2, 0.25) is 0 Å². The van der Waals surface area contributed by atoms with Crippen LogP contribution in [-0.4, -0.2) is 15.4 Å². The molecule has 1 aromatic carbocycles. The number of rotatable bonds is 5. The van der Waals surface area contributed by atoms with Crippen molar-refractivity contribution in [3.63, 3.8) is 0 Å². The van der Waals surface area contributed by atoms with Crippen molar-refractivity contribution in [3.8, 4) is 0 Å². The Hall–Kier alpha value is -0.910. The van der Waals surface area contributed by atoms with Gasteiger partial charge in [-0.05, 0) is 39.9 Å². The first-order valence-corrected chi connectivity index (χ1v) is 8.82. The first-order chi connectivity index (χ1) is 10.2. The number of benzene rings is 1. The van der Waals surface area contributed by atoms with Crippen molar-refractivity contribution in [3.05, 3.63) is 50.6 Å². The van der Waals surface area contributed by atoms with Crippen LogP contribution in [0.5, 0.6) is 0 Å². The topological polar surface area (TPSA) is 17.8 Å². The third-order valence-electron chi connectivity index (χ3n) is 3.35. The molecule has 0 N–H and O–H groups in total. The molecule has 21 heavy (non-hydrogen) atoms. The number of thiophene rings is 1. The maximum Gasteiger partial charge on any atom is 0.139 e. The minimum Gasteiger partial charge on any atom is -0.328 e. The van der Waals surface area contributed by atoms with Gasteiger partial charge in [-0.2, -0.15) is 0 Å². The van der Waals surface area contributed by atoms with Gasteiger partial charge >= 0.3 is 0 Å². The Kier molecular flexibility index (Phi) is 4.62. The van der Waals surface area contributed by atoms with Gasteiger partial charge < -0.3 is 4.57 Å². The van der Waals surface area contributed by atoms with E-state index in [0.717, 1.165) is 29.8 Å². The number of aromatic nitrogens is 2. The summed E-state index contributed by atoms with van der Waals surface area (Å²) < 4.78 is 16.3. The normalized spacial score (nSPS) is 11.4. The highest BCUT2D eigenvalue weighted by Gasteiger charge is 2.13. The summed E-state index contributed by atoms with van der Waals surface area (Å²) in [5.41, 5.74) is 1.63. The molecule has 0 aliphatic rings. The molecule has 0 amide bonds. The largest absolute Gasteiger partial charge is 0.328 e. The molecule has 0 unspecified atom stereocenters. The summed E-state index contributed by atoms with van der Waals surface area (Å²) in [6.07, 6.45) is 1.59. The van der Waals surface area contributed by atoms with Gasteiger partial charge in [-0.3, -0.25) is 0 Å². The summed E-state index contributed by atoms with van der Waals surface area (Å²) in [5.74, 6) is 1.15. The summed E-state index contributed by atoms with van der Waals surface area (Å²) in [4.78, 5) is 5.90. The van der Waals surface area contributed by atoms with Gasteiger partial charge in [-0.25, -0.2) is 9.37 Å². The van der Waals surface area contributed by atoms with Crippen molar-refractivity contribution in [1.82, 2.24) is 9.55 Å². The molecule has 3 aromatic rings. The number of nitrogens with zero attached hydrogens (tertiary/aromatic N) is 2. The lowest BCUT2D eigenvalue weighted by atomic mass is 10.3. The molecule has 110 valence electrons. The summed E-state index contributed by atoms with van der Waals surface area (Å²) in [6, 6.07) is 7.42. The highest BCUT2D eigenvalue weighted by Crippen LogP contribution is 2.25. The van der Waals surface area contributed by atoms with Crippen molar-refractivity contribution in [2.45, 2.75) is 19.4 Å². The van der Waals surface area contributed by atoms with Crippen LogP contribution in [0, 0.1) is 5.82 Å². The molecule has 0 spiro atoms. The molecule has 2 nitrogen and oxygen atoms in total. The SMILES string of the molecule is Fc1cc2c(cc1Br)nc(CCCl)n2CCc1cccs1. The lowest BCUT2D eigenvalue weighted by Crippen LogP contribution is -2.06. The van der Waals surface area contributed by atoms with Crippen LogP contribution in [0.25, 0.3) is 11.0 Å². The van der Waals surface area contributed by atoms with E-state index in [1.165, 1.54) is 4.88 Å². The molecular weight excluding hydrogens is 375 g/mol. The Balaban J connectivity index is 2.00. The van der Waals surface area contributed by atoms with Crippen LogP contribution in [0.4, 0.5) is 4.39 Å². The van der Waals surface area contributed by atoms with Crippen LogP contribution in [0.15, 0.2) is 34.1 Å². The molecule has 0 saturated carbocycles. The van der Waals surface area contributed by atoms with Crippen LogP contribution in [0.3, 0.4) is 0 Å². The van der Waals surface area contributed by atoms with Gasteiger partial charge in [-0.15, -0.1) is 22.9 Å². The zero-order valence-electron chi connectivity index (χ0n) is 11.2. The minimum atomic E-state index is -0.266. The molecule has 2 aromatic heterocycles. The van der Waals surface area contributed by atoms with Crippen LogP contribution < -0.4 is 0 Å². The molecule has 0 bridgehead atoms. The molecule has 0 radical (unpaired) electrons. The zero-order valence-corrected chi connectivity index (χ0v) is 14.3. The van der Waals surface area contributed by atoms with E-state index >= 15 is 0 Å². The van der Waals surface area contributed by atoms with Crippen molar-refractivity contribution in [2.24, 2.45) is 0 Å². The Morgan fingerprint density at radius 3 is 2.90 bits per heavy atom. The lowest BCUT2D eigenvalue weighted by Gasteiger charge is -2.08. The maximum atomic E-state index is 13.8. The summed E-state index contributed by atoms with van der Waals surface area (Å²) in [7, 11) is 0. The maximum absolute atomic E-state index is 13.8. The second-order valence-electron chi connectivity index (χ2n) is 4.70. The van der Waals surface area contributed by atoms with E-state index in [0.29, 0.717) is 16.8 Å². The van der Waals surface area contributed by atoms with Gasteiger partial charge in [-0.1, -0.05) is 6.07 Å².